The van der Waals surface area contributed by atoms with Crippen LogP contribution in [0, 0.1) is 6.92 Å². The minimum atomic E-state index is -0.922. The Kier molecular flexibility index (Phi) is 7.75. The number of anilines is 1. The van der Waals surface area contributed by atoms with E-state index in [2.05, 4.69) is 31.8 Å². The lowest BCUT2D eigenvalue weighted by atomic mass is 10.2. The van der Waals surface area contributed by atoms with Crippen molar-refractivity contribution < 1.29 is 19.1 Å². The monoisotopic (exact) mass is 513 g/mol. The van der Waals surface area contributed by atoms with Crippen LogP contribution in [-0.4, -0.2) is 24.0 Å². The first-order valence-electron chi connectivity index (χ1n) is 9.30. The predicted molar refractivity (Wildman–Crippen MR) is 126 cm³/mol. The third kappa shape index (κ3) is 6.50. The number of aryl methyl sites for hydroxylation is 1. The highest BCUT2D eigenvalue weighted by molar-refractivity contribution is 9.10. The van der Waals surface area contributed by atoms with Gasteiger partial charge in [0.15, 0.2) is 0 Å². The molecule has 32 heavy (non-hydrogen) atoms. The molecule has 0 spiro atoms. The molecule has 0 bridgehead atoms. The highest BCUT2D eigenvalue weighted by Crippen LogP contribution is 2.20. The van der Waals surface area contributed by atoms with E-state index >= 15 is 0 Å². The number of carbonyl (C=O) groups is 3. The summed E-state index contributed by atoms with van der Waals surface area (Å²) in [4.78, 5) is 36.2. The number of hydrogen-bond acceptors (Lipinski definition) is 5. The fourth-order valence-electron chi connectivity index (χ4n) is 2.57. The highest BCUT2D eigenvalue weighted by Gasteiger charge is 2.14. The Morgan fingerprint density at radius 2 is 1.75 bits per heavy atom. The van der Waals surface area contributed by atoms with E-state index in [9.17, 15) is 14.4 Å². The summed E-state index contributed by atoms with van der Waals surface area (Å²) in [6, 6.07) is 18.1. The van der Waals surface area contributed by atoms with Crippen molar-refractivity contribution in [1.29, 1.82) is 0 Å². The maximum absolute atomic E-state index is 12.2. The first kappa shape index (κ1) is 23.2. The third-order valence-electron chi connectivity index (χ3n) is 4.17. The molecule has 0 radical (unpaired) electrons. The summed E-state index contributed by atoms with van der Waals surface area (Å²) in [6.45, 7) is 1.81. The molecule has 3 aromatic carbocycles. The van der Waals surface area contributed by atoms with Gasteiger partial charge in [-0.15, -0.1) is 0 Å². The van der Waals surface area contributed by atoms with E-state index in [1.54, 1.807) is 60.7 Å². The predicted octanol–water partition coefficient (Wildman–Crippen LogP) is 4.72. The number of rotatable bonds is 5. The van der Waals surface area contributed by atoms with Crippen molar-refractivity contribution in [2.24, 2.45) is 5.10 Å². The van der Waals surface area contributed by atoms with Crippen LogP contribution < -0.4 is 15.5 Å². The van der Waals surface area contributed by atoms with E-state index < -0.39 is 17.8 Å². The van der Waals surface area contributed by atoms with Crippen molar-refractivity contribution >= 4 is 57.2 Å². The molecule has 0 aromatic heterocycles. The molecule has 9 heteroatoms. The SMILES string of the molecule is Cc1cc(Br)ccc1NC(=O)C(=O)NN=Cc1cccc(OC(=O)c2ccc(Cl)cc2)c1. The third-order valence-corrected chi connectivity index (χ3v) is 4.92. The van der Waals surface area contributed by atoms with Crippen molar-refractivity contribution in [1.82, 2.24) is 5.43 Å². The van der Waals surface area contributed by atoms with Crippen LogP contribution in [0.2, 0.25) is 5.02 Å². The average Bonchev–Trinajstić information content (AvgIpc) is 2.76. The van der Waals surface area contributed by atoms with Gasteiger partial charge in [-0.2, -0.15) is 5.10 Å². The molecule has 3 rings (SSSR count). The van der Waals surface area contributed by atoms with Crippen LogP contribution >= 0.6 is 27.5 Å². The number of ether oxygens (including phenoxy) is 1. The molecule has 2 N–H and O–H groups in total. The summed E-state index contributed by atoms with van der Waals surface area (Å²) in [5.74, 6) is -2.01. The summed E-state index contributed by atoms with van der Waals surface area (Å²) in [5.41, 5.74) is 4.39. The maximum Gasteiger partial charge on any atom is 0.343 e. The molecule has 3 aromatic rings. The Morgan fingerprint density at radius 3 is 2.47 bits per heavy atom. The normalized spacial score (nSPS) is 10.6. The average molecular weight is 515 g/mol. The van der Waals surface area contributed by atoms with Gasteiger partial charge in [-0.05, 0) is 72.6 Å². The largest absolute Gasteiger partial charge is 0.423 e. The van der Waals surface area contributed by atoms with Crippen LogP contribution in [0.5, 0.6) is 5.75 Å². The van der Waals surface area contributed by atoms with Gasteiger partial charge < -0.3 is 10.1 Å². The molecule has 0 unspecified atom stereocenters. The van der Waals surface area contributed by atoms with Crippen LogP contribution in [0.4, 0.5) is 5.69 Å². The molecule has 2 amide bonds. The topological polar surface area (TPSA) is 96.9 Å². The molecule has 7 nitrogen and oxygen atoms in total. The number of carbonyl (C=O) groups excluding carboxylic acids is 3. The van der Waals surface area contributed by atoms with Crippen molar-refractivity contribution in [2.45, 2.75) is 6.92 Å². The maximum atomic E-state index is 12.2. The summed E-state index contributed by atoms with van der Waals surface area (Å²) in [5, 5.41) is 6.82. The zero-order valence-electron chi connectivity index (χ0n) is 16.8. The number of esters is 1. The van der Waals surface area contributed by atoms with E-state index in [1.165, 1.54) is 6.21 Å². The molecule has 0 atom stereocenters. The second-order valence-corrected chi connectivity index (χ2v) is 7.93. The lowest BCUT2D eigenvalue weighted by molar-refractivity contribution is -0.136. The first-order valence-corrected chi connectivity index (χ1v) is 10.5. The molecular weight excluding hydrogens is 498 g/mol. The van der Waals surface area contributed by atoms with Crippen LogP contribution in [0.3, 0.4) is 0 Å². The number of nitrogens with zero attached hydrogens (tertiary/aromatic N) is 1. The Morgan fingerprint density at radius 1 is 1.00 bits per heavy atom. The summed E-state index contributed by atoms with van der Waals surface area (Å²) >= 11 is 9.15. The molecule has 162 valence electrons. The minimum absolute atomic E-state index is 0.295. The number of hydrazone groups is 1. The van der Waals surface area contributed by atoms with Gasteiger partial charge in [-0.25, -0.2) is 10.2 Å². The second-order valence-electron chi connectivity index (χ2n) is 6.58. The number of hydrogen-bond donors (Lipinski definition) is 2. The van der Waals surface area contributed by atoms with Gasteiger partial charge in [0, 0.05) is 15.2 Å². The van der Waals surface area contributed by atoms with E-state index in [0.717, 1.165) is 10.0 Å². The number of amides is 2. The van der Waals surface area contributed by atoms with Gasteiger partial charge >= 0.3 is 17.8 Å². The minimum Gasteiger partial charge on any atom is -0.423 e. The summed E-state index contributed by atoms with van der Waals surface area (Å²) in [6.07, 6.45) is 1.33. The van der Waals surface area contributed by atoms with E-state index in [0.29, 0.717) is 27.6 Å². The van der Waals surface area contributed by atoms with Gasteiger partial charge in [-0.1, -0.05) is 39.7 Å². The van der Waals surface area contributed by atoms with Gasteiger partial charge in [0.25, 0.3) is 0 Å². The van der Waals surface area contributed by atoms with Gasteiger partial charge in [0.1, 0.15) is 5.75 Å². The van der Waals surface area contributed by atoms with Crippen molar-refractivity contribution in [3.8, 4) is 5.75 Å². The number of nitrogens with one attached hydrogen (secondary N) is 2. The fraction of sp³-hybridized carbons (Fsp3) is 0.0435. The quantitative estimate of drug-likeness (QED) is 0.169. The van der Waals surface area contributed by atoms with Crippen molar-refractivity contribution in [2.75, 3.05) is 5.32 Å². The molecule has 0 aliphatic heterocycles. The number of halogens is 2. The van der Waals surface area contributed by atoms with E-state index in [-0.39, 0.29) is 0 Å². The molecule has 0 aliphatic rings. The fourth-order valence-corrected chi connectivity index (χ4v) is 3.17. The molecule has 0 saturated heterocycles. The molecular formula is C23H17BrClN3O4. The zero-order valence-corrected chi connectivity index (χ0v) is 19.1. The van der Waals surface area contributed by atoms with Gasteiger partial charge in [0.05, 0.1) is 11.8 Å². The Hall–Kier alpha value is -3.49. The van der Waals surface area contributed by atoms with Gasteiger partial charge in [-0.3, -0.25) is 9.59 Å². The standard InChI is InChI=1S/C23H17BrClN3O4/c1-14-11-17(24)7-10-20(14)27-21(29)22(30)28-26-13-15-3-2-4-19(12-15)32-23(31)16-5-8-18(25)9-6-16/h2-13H,1H3,(H,27,29)(H,28,30). The lowest BCUT2D eigenvalue weighted by Crippen LogP contribution is -2.32. The summed E-state index contributed by atoms with van der Waals surface area (Å²) in [7, 11) is 0. The van der Waals surface area contributed by atoms with Crippen LogP contribution in [0.25, 0.3) is 0 Å². The van der Waals surface area contributed by atoms with E-state index in [1.807, 2.05) is 13.0 Å². The summed E-state index contributed by atoms with van der Waals surface area (Å²) < 4.78 is 6.20. The Balaban J connectivity index is 1.57. The molecule has 0 fully saturated rings. The number of benzene rings is 3. The highest BCUT2D eigenvalue weighted by atomic mass is 79.9. The zero-order chi connectivity index (χ0) is 23.1. The Bertz CT molecular complexity index is 1200. The molecule has 0 aliphatic carbocycles. The smallest absolute Gasteiger partial charge is 0.343 e. The molecule has 0 heterocycles. The van der Waals surface area contributed by atoms with Crippen LogP contribution in [-0.2, 0) is 9.59 Å². The van der Waals surface area contributed by atoms with Crippen molar-refractivity contribution in [3.05, 3.63) is 92.9 Å². The molecule has 0 saturated carbocycles. The van der Waals surface area contributed by atoms with Gasteiger partial charge in [0.2, 0.25) is 0 Å². The lowest BCUT2D eigenvalue weighted by Gasteiger charge is -2.07. The van der Waals surface area contributed by atoms with Crippen LogP contribution in [0.1, 0.15) is 21.5 Å². The second kappa shape index (κ2) is 10.7. The first-order chi connectivity index (χ1) is 15.3. The van der Waals surface area contributed by atoms with E-state index in [4.69, 9.17) is 16.3 Å². The van der Waals surface area contributed by atoms with Crippen LogP contribution in [0.15, 0.2) is 76.3 Å². The Labute approximate surface area is 197 Å². The van der Waals surface area contributed by atoms with Crippen molar-refractivity contribution in [3.63, 3.8) is 0 Å².